The number of anilines is 1. The van der Waals surface area contributed by atoms with E-state index in [2.05, 4.69) is 30.5 Å². The topological polar surface area (TPSA) is 101 Å². The first-order valence-corrected chi connectivity index (χ1v) is 6.99. The summed E-state index contributed by atoms with van der Waals surface area (Å²) in [5, 5.41) is 8.97. The summed E-state index contributed by atoms with van der Waals surface area (Å²) in [6, 6.07) is 7.87. The van der Waals surface area contributed by atoms with Crippen molar-refractivity contribution in [2.45, 2.75) is 0 Å². The first-order chi connectivity index (χ1) is 11.7. The van der Waals surface area contributed by atoms with Crippen molar-refractivity contribution in [3.63, 3.8) is 0 Å². The van der Waals surface area contributed by atoms with Crippen LogP contribution < -0.4 is 5.32 Å². The molecule has 0 saturated carbocycles. The first-order valence-electron chi connectivity index (χ1n) is 6.99. The molecule has 0 atom stereocenters. The van der Waals surface area contributed by atoms with Crippen molar-refractivity contribution in [2.24, 2.45) is 0 Å². The van der Waals surface area contributed by atoms with E-state index in [4.69, 9.17) is 0 Å². The van der Waals surface area contributed by atoms with Crippen molar-refractivity contribution in [3.8, 4) is 11.4 Å². The Kier molecular flexibility index (Phi) is 3.23. The maximum Gasteiger partial charge on any atom is 0.278 e. The third-order valence-corrected chi connectivity index (χ3v) is 3.31. The van der Waals surface area contributed by atoms with E-state index in [1.165, 1.54) is 6.07 Å². The van der Waals surface area contributed by atoms with Crippen molar-refractivity contribution < 1.29 is 9.18 Å². The van der Waals surface area contributed by atoms with E-state index >= 15 is 0 Å². The number of rotatable bonds is 3. The van der Waals surface area contributed by atoms with Gasteiger partial charge in [-0.1, -0.05) is 12.1 Å². The fourth-order valence-electron chi connectivity index (χ4n) is 2.20. The summed E-state index contributed by atoms with van der Waals surface area (Å²) >= 11 is 0. The van der Waals surface area contributed by atoms with E-state index in [0.29, 0.717) is 5.78 Å². The average Bonchev–Trinajstić information content (AvgIpc) is 3.22. The van der Waals surface area contributed by atoms with Crippen LogP contribution in [-0.2, 0) is 0 Å². The van der Waals surface area contributed by atoms with Crippen LogP contribution in [0.1, 0.15) is 10.5 Å². The maximum absolute atomic E-state index is 13.7. The molecule has 0 aliphatic rings. The average molecular weight is 323 g/mol. The molecular formula is C15H10FN7O. The predicted octanol–water partition coefficient (Wildman–Crippen LogP) is 1.91. The minimum Gasteiger partial charge on any atom is -0.290 e. The van der Waals surface area contributed by atoms with E-state index in [0.717, 1.165) is 0 Å². The molecule has 1 aromatic carbocycles. The number of imidazole rings is 1. The number of carbonyl (C=O) groups is 1. The number of halogens is 1. The zero-order valence-corrected chi connectivity index (χ0v) is 12.1. The molecule has 24 heavy (non-hydrogen) atoms. The van der Waals surface area contributed by atoms with Gasteiger partial charge in [0.25, 0.3) is 5.91 Å². The van der Waals surface area contributed by atoms with Gasteiger partial charge in [0.1, 0.15) is 11.5 Å². The fraction of sp³-hybridized carbons (Fsp3) is 0. The highest BCUT2D eigenvalue weighted by Gasteiger charge is 2.15. The Bertz CT molecular complexity index is 1010. The number of benzene rings is 1. The standard InChI is InChI=1S/C15H10FN7O/c16-10-5-2-1-4-9(10)12-19-14(22-21-12)20-13(24)11-8-23-7-3-6-17-15(23)18-11/h1-8H,(H2,19,20,21,22,24). The number of amides is 1. The van der Waals surface area contributed by atoms with Crippen LogP contribution in [0.5, 0.6) is 0 Å². The molecule has 0 spiro atoms. The quantitative estimate of drug-likeness (QED) is 0.600. The Morgan fingerprint density at radius 3 is 2.92 bits per heavy atom. The molecule has 0 saturated heterocycles. The molecule has 2 N–H and O–H groups in total. The molecule has 4 aromatic rings. The Balaban J connectivity index is 1.57. The number of carbonyl (C=O) groups excluding carboxylic acids is 1. The van der Waals surface area contributed by atoms with Crippen molar-refractivity contribution >= 4 is 17.6 Å². The van der Waals surface area contributed by atoms with Gasteiger partial charge in [0.2, 0.25) is 11.7 Å². The lowest BCUT2D eigenvalue weighted by Gasteiger charge is -1.97. The summed E-state index contributed by atoms with van der Waals surface area (Å²) < 4.78 is 15.4. The van der Waals surface area contributed by atoms with Crippen LogP contribution in [0.2, 0.25) is 0 Å². The lowest BCUT2D eigenvalue weighted by molar-refractivity contribution is 0.102. The van der Waals surface area contributed by atoms with Crippen LogP contribution in [0.15, 0.2) is 48.9 Å². The normalized spacial score (nSPS) is 10.9. The van der Waals surface area contributed by atoms with E-state index in [-0.39, 0.29) is 23.0 Å². The third-order valence-electron chi connectivity index (χ3n) is 3.31. The number of hydrogen-bond acceptors (Lipinski definition) is 5. The molecular weight excluding hydrogens is 313 g/mol. The summed E-state index contributed by atoms with van der Waals surface area (Å²) in [4.78, 5) is 24.4. The molecule has 0 aliphatic heterocycles. The molecule has 0 aliphatic carbocycles. The van der Waals surface area contributed by atoms with Gasteiger partial charge in [-0.25, -0.2) is 14.4 Å². The molecule has 118 valence electrons. The van der Waals surface area contributed by atoms with Crippen molar-refractivity contribution in [1.82, 2.24) is 29.5 Å². The van der Waals surface area contributed by atoms with E-state index in [1.807, 2.05) is 0 Å². The molecule has 3 aromatic heterocycles. The number of nitrogens with zero attached hydrogens (tertiary/aromatic N) is 5. The highest BCUT2D eigenvalue weighted by atomic mass is 19.1. The van der Waals surface area contributed by atoms with Gasteiger partial charge in [0.05, 0.1) is 5.56 Å². The number of H-pyrrole nitrogens is 1. The summed E-state index contributed by atoms with van der Waals surface area (Å²) in [5.74, 6) is -0.259. The molecule has 3 heterocycles. The van der Waals surface area contributed by atoms with Crippen LogP contribution in [0, 0.1) is 5.82 Å². The Morgan fingerprint density at radius 1 is 1.21 bits per heavy atom. The van der Waals surface area contributed by atoms with Crippen LogP contribution in [-0.4, -0.2) is 35.5 Å². The minimum atomic E-state index is -0.486. The monoisotopic (exact) mass is 323 g/mol. The molecule has 0 radical (unpaired) electrons. The summed E-state index contributed by atoms with van der Waals surface area (Å²) in [6.45, 7) is 0. The highest BCUT2D eigenvalue weighted by Crippen LogP contribution is 2.19. The summed E-state index contributed by atoms with van der Waals surface area (Å²) in [5.41, 5.74) is 0.438. The van der Waals surface area contributed by atoms with Crippen LogP contribution in [0.4, 0.5) is 10.3 Å². The van der Waals surface area contributed by atoms with Gasteiger partial charge >= 0.3 is 0 Å². The largest absolute Gasteiger partial charge is 0.290 e. The van der Waals surface area contributed by atoms with Gasteiger partial charge < -0.3 is 0 Å². The SMILES string of the molecule is O=C(Nc1n[nH]c(-c2ccccc2F)n1)c1cn2cccnc2n1. The van der Waals surface area contributed by atoms with Gasteiger partial charge in [-0.2, -0.15) is 4.98 Å². The van der Waals surface area contributed by atoms with Crippen LogP contribution >= 0.6 is 0 Å². The minimum absolute atomic E-state index is 0.0308. The molecule has 9 heteroatoms. The molecule has 0 fully saturated rings. The molecule has 0 unspecified atom stereocenters. The Labute approximate surface area is 134 Å². The maximum atomic E-state index is 13.7. The first kappa shape index (κ1) is 14.0. The van der Waals surface area contributed by atoms with E-state index < -0.39 is 11.7 Å². The van der Waals surface area contributed by atoms with Gasteiger partial charge in [-0.15, -0.1) is 5.10 Å². The lowest BCUT2D eigenvalue weighted by Crippen LogP contribution is -2.13. The smallest absolute Gasteiger partial charge is 0.278 e. The number of hydrogen-bond donors (Lipinski definition) is 2. The zero-order valence-electron chi connectivity index (χ0n) is 12.1. The Hall–Kier alpha value is -3.62. The number of fused-ring (bicyclic) bond motifs is 1. The highest BCUT2D eigenvalue weighted by molar-refractivity contribution is 6.02. The molecule has 8 nitrogen and oxygen atoms in total. The van der Waals surface area contributed by atoms with Gasteiger partial charge in [-0.05, 0) is 18.2 Å². The fourth-order valence-corrected chi connectivity index (χ4v) is 2.20. The zero-order chi connectivity index (χ0) is 16.5. The van der Waals surface area contributed by atoms with E-state index in [9.17, 15) is 9.18 Å². The number of aromatic nitrogens is 6. The second kappa shape index (κ2) is 5.54. The van der Waals surface area contributed by atoms with Crippen molar-refractivity contribution in [2.75, 3.05) is 5.32 Å². The number of nitrogens with one attached hydrogen (secondary N) is 2. The van der Waals surface area contributed by atoms with Gasteiger partial charge in [0, 0.05) is 18.6 Å². The molecule has 0 bridgehead atoms. The molecule has 4 rings (SSSR count). The molecule has 1 amide bonds. The van der Waals surface area contributed by atoms with Gasteiger partial charge in [0.15, 0.2) is 5.82 Å². The summed E-state index contributed by atoms with van der Waals surface area (Å²) in [6.07, 6.45) is 4.86. The van der Waals surface area contributed by atoms with Gasteiger partial charge in [-0.3, -0.25) is 19.6 Å². The van der Waals surface area contributed by atoms with E-state index in [1.54, 1.807) is 47.3 Å². The summed E-state index contributed by atoms with van der Waals surface area (Å²) in [7, 11) is 0. The van der Waals surface area contributed by atoms with Crippen LogP contribution in [0.25, 0.3) is 17.2 Å². The van der Waals surface area contributed by atoms with Crippen molar-refractivity contribution in [3.05, 3.63) is 60.4 Å². The lowest BCUT2D eigenvalue weighted by atomic mass is 10.2. The van der Waals surface area contributed by atoms with Crippen LogP contribution in [0.3, 0.4) is 0 Å². The second-order valence-corrected chi connectivity index (χ2v) is 4.89. The van der Waals surface area contributed by atoms with Crippen molar-refractivity contribution in [1.29, 1.82) is 0 Å². The Morgan fingerprint density at radius 2 is 2.08 bits per heavy atom. The third kappa shape index (κ3) is 2.47. The second-order valence-electron chi connectivity index (χ2n) is 4.89. The predicted molar refractivity (Wildman–Crippen MR) is 82.7 cm³/mol. The number of aromatic amines is 1.